The van der Waals surface area contributed by atoms with Crippen molar-refractivity contribution in [1.82, 2.24) is 10.2 Å². The molecule has 0 saturated carbocycles. The second-order valence-electron chi connectivity index (χ2n) is 4.39. The van der Waals surface area contributed by atoms with E-state index in [-0.39, 0.29) is 11.5 Å². The molecule has 2 aromatic carbocycles. The molecule has 1 heterocycles. The van der Waals surface area contributed by atoms with Gasteiger partial charge in [0, 0.05) is 11.8 Å². The molecular weight excluding hydrogens is 254 g/mol. The molecule has 1 aromatic heterocycles. The maximum atomic E-state index is 9.27. The largest absolute Gasteiger partial charge is 0.508 e. The smallest absolute Gasteiger partial charge is 0.152 e. The van der Waals surface area contributed by atoms with Crippen LogP contribution in [0.15, 0.2) is 54.6 Å². The summed E-state index contributed by atoms with van der Waals surface area (Å²) in [6, 6.07) is 15.5. The number of nitrogens with zero attached hydrogens (tertiary/aromatic N) is 1. The Bertz CT molecular complexity index is 703. The van der Waals surface area contributed by atoms with Gasteiger partial charge in [0.2, 0.25) is 0 Å². The maximum absolute atomic E-state index is 9.27. The Kier molecular flexibility index (Phi) is 3.01. The van der Waals surface area contributed by atoms with Gasteiger partial charge in [0.15, 0.2) is 5.82 Å². The third kappa shape index (κ3) is 2.56. The maximum Gasteiger partial charge on any atom is 0.152 e. The molecule has 0 aliphatic rings. The van der Waals surface area contributed by atoms with Gasteiger partial charge < -0.3 is 15.5 Å². The summed E-state index contributed by atoms with van der Waals surface area (Å²) in [7, 11) is 0. The van der Waals surface area contributed by atoms with E-state index in [1.54, 1.807) is 36.4 Å². The number of aromatic amines is 1. The minimum atomic E-state index is 0.224. The summed E-state index contributed by atoms with van der Waals surface area (Å²) in [5.74, 6) is 1.14. The zero-order chi connectivity index (χ0) is 13.9. The molecule has 0 radical (unpaired) electrons. The Morgan fingerprint density at radius 3 is 2.10 bits per heavy atom. The van der Waals surface area contributed by atoms with Crippen LogP contribution in [0.4, 0.5) is 11.5 Å². The molecule has 0 bridgehead atoms. The zero-order valence-corrected chi connectivity index (χ0v) is 10.5. The molecule has 0 saturated heterocycles. The minimum Gasteiger partial charge on any atom is -0.508 e. The number of aromatic nitrogens is 2. The first-order valence-electron chi connectivity index (χ1n) is 6.11. The Morgan fingerprint density at radius 1 is 0.850 bits per heavy atom. The van der Waals surface area contributed by atoms with Gasteiger partial charge >= 0.3 is 0 Å². The van der Waals surface area contributed by atoms with Crippen molar-refractivity contribution in [2.75, 3.05) is 5.32 Å². The van der Waals surface area contributed by atoms with Crippen LogP contribution in [0.5, 0.6) is 11.5 Å². The number of hydrogen-bond acceptors (Lipinski definition) is 4. The van der Waals surface area contributed by atoms with Gasteiger partial charge in [0.05, 0.1) is 5.69 Å². The first-order valence-corrected chi connectivity index (χ1v) is 6.11. The molecule has 3 rings (SSSR count). The van der Waals surface area contributed by atoms with Gasteiger partial charge in [0.25, 0.3) is 0 Å². The lowest BCUT2D eigenvalue weighted by Crippen LogP contribution is -1.89. The number of phenols is 2. The zero-order valence-electron chi connectivity index (χ0n) is 10.5. The molecule has 3 aromatic rings. The molecule has 0 aliphatic heterocycles. The Hall–Kier alpha value is -2.95. The summed E-state index contributed by atoms with van der Waals surface area (Å²) in [6.45, 7) is 0. The van der Waals surface area contributed by atoms with Crippen molar-refractivity contribution in [1.29, 1.82) is 0 Å². The van der Waals surface area contributed by atoms with Crippen LogP contribution >= 0.6 is 0 Å². The van der Waals surface area contributed by atoms with Crippen molar-refractivity contribution in [2.45, 2.75) is 0 Å². The molecular formula is C15H13N3O2. The van der Waals surface area contributed by atoms with Crippen LogP contribution in [0.25, 0.3) is 11.3 Å². The van der Waals surface area contributed by atoms with Crippen LogP contribution in [0, 0.1) is 0 Å². The van der Waals surface area contributed by atoms with Gasteiger partial charge in [-0.2, -0.15) is 5.10 Å². The number of anilines is 2. The van der Waals surface area contributed by atoms with Crippen molar-refractivity contribution in [3.05, 3.63) is 54.6 Å². The van der Waals surface area contributed by atoms with Gasteiger partial charge in [-0.05, 0) is 54.1 Å². The molecule has 5 heteroatoms. The topological polar surface area (TPSA) is 81.2 Å². The molecule has 100 valence electrons. The lowest BCUT2D eigenvalue weighted by atomic mass is 10.1. The van der Waals surface area contributed by atoms with Crippen LogP contribution in [-0.2, 0) is 0 Å². The fourth-order valence-electron chi connectivity index (χ4n) is 1.87. The number of benzene rings is 2. The lowest BCUT2D eigenvalue weighted by Gasteiger charge is -2.01. The Morgan fingerprint density at radius 2 is 1.45 bits per heavy atom. The Balaban J connectivity index is 1.80. The number of rotatable bonds is 3. The summed E-state index contributed by atoms with van der Waals surface area (Å²) in [4.78, 5) is 0. The van der Waals surface area contributed by atoms with Crippen molar-refractivity contribution in [3.8, 4) is 22.8 Å². The van der Waals surface area contributed by atoms with Crippen LogP contribution in [-0.4, -0.2) is 20.4 Å². The standard InChI is InChI=1S/C15H13N3O2/c19-12-5-1-10(2-6-12)14-9-15(18-17-14)16-11-3-7-13(20)8-4-11/h1-9,19-20H,(H2,16,17,18). The van der Waals surface area contributed by atoms with Crippen molar-refractivity contribution < 1.29 is 10.2 Å². The van der Waals surface area contributed by atoms with Gasteiger partial charge in [0.1, 0.15) is 11.5 Å². The molecule has 0 aliphatic carbocycles. The van der Waals surface area contributed by atoms with E-state index in [9.17, 15) is 10.2 Å². The normalized spacial score (nSPS) is 10.4. The van der Waals surface area contributed by atoms with Crippen LogP contribution in [0.2, 0.25) is 0 Å². The van der Waals surface area contributed by atoms with E-state index in [1.165, 1.54) is 0 Å². The highest BCUT2D eigenvalue weighted by atomic mass is 16.3. The summed E-state index contributed by atoms with van der Waals surface area (Å²) in [6.07, 6.45) is 0. The van der Waals surface area contributed by atoms with Crippen LogP contribution in [0.1, 0.15) is 0 Å². The SMILES string of the molecule is Oc1ccc(Nc2cc(-c3ccc(O)cc3)[nH]n2)cc1. The second-order valence-corrected chi connectivity index (χ2v) is 4.39. The van der Waals surface area contributed by atoms with E-state index in [1.807, 2.05) is 18.2 Å². The highest BCUT2D eigenvalue weighted by molar-refractivity contribution is 5.66. The van der Waals surface area contributed by atoms with E-state index < -0.39 is 0 Å². The third-order valence-corrected chi connectivity index (χ3v) is 2.90. The average molecular weight is 267 g/mol. The third-order valence-electron chi connectivity index (χ3n) is 2.90. The predicted molar refractivity (Wildman–Crippen MR) is 77.1 cm³/mol. The number of hydrogen-bond donors (Lipinski definition) is 4. The van der Waals surface area contributed by atoms with Gasteiger partial charge in [-0.3, -0.25) is 5.10 Å². The first-order chi connectivity index (χ1) is 9.70. The second kappa shape index (κ2) is 4.97. The summed E-state index contributed by atoms with van der Waals surface area (Å²) in [5, 5.41) is 28.7. The molecule has 4 N–H and O–H groups in total. The molecule has 0 amide bonds. The van der Waals surface area contributed by atoms with Crippen LogP contribution in [0.3, 0.4) is 0 Å². The van der Waals surface area contributed by atoms with Crippen molar-refractivity contribution in [3.63, 3.8) is 0 Å². The van der Waals surface area contributed by atoms with Crippen molar-refractivity contribution in [2.24, 2.45) is 0 Å². The van der Waals surface area contributed by atoms with Gasteiger partial charge in [-0.15, -0.1) is 0 Å². The highest BCUT2D eigenvalue weighted by Crippen LogP contribution is 2.24. The monoisotopic (exact) mass is 267 g/mol. The number of H-pyrrole nitrogens is 1. The highest BCUT2D eigenvalue weighted by Gasteiger charge is 2.04. The Labute approximate surface area is 115 Å². The van der Waals surface area contributed by atoms with Gasteiger partial charge in [-0.25, -0.2) is 0 Å². The van der Waals surface area contributed by atoms with E-state index in [0.29, 0.717) is 5.82 Å². The fraction of sp³-hybridized carbons (Fsp3) is 0. The van der Waals surface area contributed by atoms with E-state index >= 15 is 0 Å². The minimum absolute atomic E-state index is 0.224. The quantitative estimate of drug-likeness (QED) is 0.549. The first kappa shape index (κ1) is 12.1. The van der Waals surface area contributed by atoms with E-state index in [0.717, 1.165) is 16.9 Å². The van der Waals surface area contributed by atoms with Crippen molar-refractivity contribution >= 4 is 11.5 Å². The van der Waals surface area contributed by atoms with E-state index in [4.69, 9.17) is 0 Å². The van der Waals surface area contributed by atoms with E-state index in [2.05, 4.69) is 15.5 Å². The summed E-state index contributed by atoms with van der Waals surface area (Å²) < 4.78 is 0. The summed E-state index contributed by atoms with van der Waals surface area (Å²) >= 11 is 0. The number of nitrogens with one attached hydrogen (secondary N) is 2. The molecule has 5 nitrogen and oxygen atoms in total. The summed E-state index contributed by atoms with van der Waals surface area (Å²) in [5.41, 5.74) is 2.63. The molecule has 20 heavy (non-hydrogen) atoms. The molecule has 0 spiro atoms. The van der Waals surface area contributed by atoms with Gasteiger partial charge in [-0.1, -0.05) is 0 Å². The predicted octanol–water partition coefficient (Wildman–Crippen LogP) is 3.23. The fourth-order valence-corrected chi connectivity index (χ4v) is 1.87. The molecule has 0 unspecified atom stereocenters. The lowest BCUT2D eigenvalue weighted by molar-refractivity contribution is 0.475. The molecule has 0 atom stereocenters. The number of phenolic OH excluding ortho intramolecular Hbond substituents is 2. The number of aromatic hydroxyl groups is 2. The van der Waals surface area contributed by atoms with Crippen LogP contribution < -0.4 is 5.32 Å². The average Bonchev–Trinajstić information content (AvgIpc) is 2.91. The molecule has 0 fully saturated rings.